The fourth-order valence-corrected chi connectivity index (χ4v) is 1.26. The second-order valence-electron chi connectivity index (χ2n) is 3.65. The monoisotopic (exact) mass is 268 g/mol. The van der Waals surface area contributed by atoms with Gasteiger partial charge in [-0.1, -0.05) is 6.58 Å². The van der Waals surface area contributed by atoms with Gasteiger partial charge in [0.1, 0.15) is 0 Å². The number of aliphatic carboxylic acids is 1. The van der Waals surface area contributed by atoms with Crippen LogP contribution in [0.5, 0.6) is 0 Å². The van der Waals surface area contributed by atoms with Crippen molar-refractivity contribution in [2.24, 2.45) is 0 Å². The van der Waals surface area contributed by atoms with Crippen LogP contribution < -0.4 is 5.32 Å². The lowest BCUT2D eigenvalue weighted by Gasteiger charge is -2.30. The van der Waals surface area contributed by atoms with Gasteiger partial charge in [0.05, 0.1) is 0 Å². The first-order chi connectivity index (χ1) is 8.18. The van der Waals surface area contributed by atoms with Gasteiger partial charge in [-0.15, -0.1) is 0 Å². The first-order valence-electron chi connectivity index (χ1n) is 5.13. The van der Waals surface area contributed by atoms with E-state index in [9.17, 15) is 18.0 Å². The van der Waals surface area contributed by atoms with Gasteiger partial charge in [-0.05, 0) is 13.0 Å². The molecule has 18 heavy (non-hydrogen) atoms. The summed E-state index contributed by atoms with van der Waals surface area (Å²) in [6.45, 7) is 8.01. The minimum Gasteiger partial charge on any atom is -0.475 e. The molecule has 1 saturated heterocycles. The first-order valence-corrected chi connectivity index (χ1v) is 5.13. The summed E-state index contributed by atoms with van der Waals surface area (Å²) in [4.78, 5) is 21.8. The Kier molecular flexibility index (Phi) is 6.39. The van der Waals surface area contributed by atoms with Gasteiger partial charge in [-0.2, -0.15) is 13.2 Å². The van der Waals surface area contributed by atoms with Crippen LogP contribution in [-0.2, 0) is 9.59 Å². The molecule has 1 heterocycles. The summed E-state index contributed by atoms with van der Waals surface area (Å²) in [5, 5.41) is 10.4. The van der Waals surface area contributed by atoms with Gasteiger partial charge in [0.15, 0.2) is 0 Å². The minimum atomic E-state index is -5.08. The molecule has 1 fully saturated rings. The Bertz CT molecular complexity index is 318. The zero-order chi connectivity index (χ0) is 14.3. The summed E-state index contributed by atoms with van der Waals surface area (Å²) < 4.78 is 31.7. The molecule has 0 aromatic carbocycles. The molecule has 5 nitrogen and oxygen atoms in total. The van der Waals surface area contributed by atoms with E-state index in [1.54, 1.807) is 0 Å². The molecule has 0 aliphatic carbocycles. The van der Waals surface area contributed by atoms with Crippen molar-refractivity contribution in [3.8, 4) is 0 Å². The predicted octanol–water partition coefficient (Wildman–Crippen LogP) is 0.626. The molecule has 0 aromatic heterocycles. The van der Waals surface area contributed by atoms with E-state index in [4.69, 9.17) is 9.90 Å². The highest BCUT2D eigenvalue weighted by Crippen LogP contribution is 2.13. The molecule has 0 saturated carbocycles. The largest absolute Gasteiger partial charge is 0.490 e. The number of amides is 1. The van der Waals surface area contributed by atoms with E-state index in [0.717, 1.165) is 19.6 Å². The van der Waals surface area contributed by atoms with Crippen LogP contribution in [0.2, 0.25) is 0 Å². The molecule has 2 N–H and O–H groups in total. The van der Waals surface area contributed by atoms with Gasteiger partial charge in [0.2, 0.25) is 5.91 Å². The van der Waals surface area contributed by atoms with Crippen molar-refractivity contribution in [3.05, 3.63) is 12.7 Å². The average molecular weight is 268 g/mol. The number of hydrogen-bond donors (Lipinski definition) is 2. The van der Waals surface area contributed by atoms with Gasteiger partial charge < -0.3 is 15.3 Å². The molecular weight excluding hydrogens is 253 g/mol. The topological polar surface area (TPSA) is 69.6 Å². The van der Waals surface area contributed by atoms with Crippen LogP contribution in [-0.4, -0.2) is 53.7 Å². The molecule has 1 rings (SSSR count). The number of hydrogen-bond acceptors (Lipinski definition) is 3. The van der Waals surface area contributed by atoms with E-state index in [-0.39, 0.29) is 5.91 Å². The predicted molar refractivity (Wildman–Crippen MR) is 57.9 cm³/mol. The lowest BCUT2D eigenvalue weighted by Crippen LogP contribution is -2.50. The number of nitrogens with one attached hydrogen (secondary N) is 1. The smallest absolute Gasteiger partial charge is 0.475 e. The summed E-state index contributed by atoms with van der Waals surface area (Å²) in [5.41, 5.74) is 0. The van der Waals surface area contributed by atoms with E-state index < -0.39 is 12.1 Å². The lowest BCUT2D eigenvalue weighted by atomic mass is 10.2. The van der Waals surface area contributed by atoms with Crippen molar-refractivity contribution >= 4 is 11.9 Å². The second kappa shape index (κ2) is 7.00. The number of carbonyl (C=O) groups is 2. The Labute approximate surface area is 102 Å². The summed E-state index contributed by atoms with van der Waals surface area (Å²) in [6, 6.07) is 0.410. The van der Waals surface area contributed by atoms with E-state index >= 15 is 0 Å². The fraction of sp³-hybridized carbons (Fsp3) is 0.600. The third-order valence-corrected chi connectivity index (χ3v) is 2.10. The van der Waals surface area contributed by atoms with Gasteiger partial charge in [0, 0.05) is 25.7 Å². The fourth-order valence-electron chi connectivity index (χ4n) is 1.26. The molecule has 1 aliphatic rings. The summed E-state index contributed by atoms with van der Waals surface area (Å²) >= 11 is 0. The normalized spacial score (nSPS) is 19.6. The van der Waals surface area contributed by atoms with Gasteiger partial charge in [-0.25, -0.2) is 4.79 Å². The van der Waals surface area contributed by atoms with Crippen molar-refractivity contribution in [1.29, 1.82) is 0 Å². The van der Waals surface area contributed by atoms with Gasteiger partial charge >= 0.3 is 12.1 Å². The third kappa shape index (κ3) is 6.24. The van der Waals surface area contributed by atoms with E-state index in [2.05, 4.69) is 18.8 Å². The van der Waals surface area contributed by atoms with E-state index in [1.807, 2.05) is 4.90 Å². The zero-order valence-electron chi connectivity index (χ0n) is 9.83. The molecule has 0 aromatic rings. The quantitative estimate of drug-likeness (QED) is 0.684. The van der Waals surface area contributed by atoms with Crippen LogP contribution in [0, 0.1) is 0 Å². The highest BCUT2D eigenvalue weighted by molar-refractivity contribution is 5.87. The molecular formula is C10H15F3N2O3. The lowest BCUT2D eigenvalue weighted by molar-refractivity contribution is -0.192. The third-order valence-electron chi connectivity index (χ3n) is 2.10. The van der Waals surface area contributed by atoms with Crippen LogP contribution in [0.15, 0.2) is 12.7 Å². The number of halogens is 3. The van der Waals surface area contributed by atoms with Gasteiger partial charge in [0.25, 0.3) is 0 Å². The molecule has 1 amide bonds. The van der Waals surface area contributed by atoms with Crippen LogP contribution in [0.25, 0.3) is 0 Å². The van der Waals surface area contributed by atoms with Crippen LogP contribution in [0.4, 0.5) is 13.2 Å². The molecule has 1 atom stereocenters. The van der Waals surface area contributed by atoms with E-state index in [0.29, 0.717) is 6.04 Å². The number of alkyl halides is 3. The first kappa shape index (κ1) is 16.4. The standard InChI is InChI=1S/C8H14N2O.C2HF3O2/c1-3-8(11)10-5-4-9-7(2)6-10;3-2(4,5)1(6)7/h3,7,9H,1,4-6H2,2H3;(H,6,7)/t7-;/m0./s1. The SMILES string of the molecule is C=CC(=O)N1CCN[C@@H](C)C1.O=C(O)C(F)(F)F. The Morgan fingerprint density at radius 2 is 2.00 bits per heavy atom. The Morgan fingerprint density at radius 3 is 2.33 bits per heavy atom. The Hall–Kier alpha value is -1.57. The Morgan fingerprint density at radius 1 is 1.50 bits per heavy atom. The van der Waals surface area contributed by atoms with Crippen molar-refractivity contribution < 1.29 is 27.9 Å². The number of carboxylic acids is 1. The van der Waals surface area contributed by atoms with Gasteiger partial charge in [-0.3, -0.25) is 4.79 Å². The van der Waals surface area contributed by atoms with E-state index in [1.165, 1.54) is 6.08 Å². The molecule has 1 aliphatic heterocycles. The van der Waals surface area contributed by atoms with Crippen molar-refractivity contribution in [1.82, 2.24) is 10.2 Å². The molecule has 0 radical (unpaired) electrons. The molecule has 104 valence electrons. The number of nitrogens with zero attached hydrogens (tertiary/aromatic N) is 1. The highest BCUT2D eigenvalue weighted by Gasteiger charge is 2.38. The maximum Gasteiger partial charge on any atom is 0.490 e. The maximum absolute atomic E-state index is 11.1. The summed E-state index contributed by atoms with van der Waals surface area (Å²) in [6.07, 6.45) is -3.71. The second-order valence-corrected chi connectivity index (χ2v) is 3.65. The van der Waals surface area contributed by atoms with Crippen LogP contribution in [0.3, 0.4) is 0 Å². The maximum atomic E-state index is 11.1. The number of piperazine rings is 1. The van der Waals surface area contributed by atoms with Crippen LogP contribution >= 0.6 is 0 Å². The highest BCUT2D eigenvalue weighted by atomic mass is 19.4. The summed E-state index contributed by atoms with van der Waals surface area (Å²) in [5.74, 6) is -2.72. The Balaban J connectivity index is 0.000000360. The van der Waals surface area contributed by atoms with Crippen molar-refractivity contribution in [2.45, 2.75) is 19.1 Å². The zero-order valence-corrected chi connectivity index (χ0v) is 9.83. The summed E-state index contributed by atoms with van der Waals surface area (Å²) in [7, 11) is 0. The average Bonchev–Trinajstić information content (AvgIpc) is 2.27. The molecule has 0 spiro atoms. The number of carboxylic acid groups (broad SMARTS) is 1. The van der Waals surface area contributed by atoms with Crippen LogP contribution in [0.1, 0.15) is 6.92 Å². The molecule has 8 heteroatoms. The minimum absolute atomic E-state index is 0.0401. The van der Waals surface area contributed by atoms with Crippen molar-refractivity contribution in [2.75, 3.05) is 19.6 Å². The number of carbonyl (C=O) groups excluding carboxylic acids is 1. The molecule has 0 unspecified atom stereocenters. The number of rotatable bonds is 1. The van der Waals surface area contributed by atoms with Crippen molar-refractivity contribution in [3.63, 3.8) is 0 Å². The molecule has 0 bridgehead atoms.